The maximum Gasteiger partial charge on any atom is 0.245 e. The molecule has 1 atom stereocenters. The normalized spacial score (nSPS) is 13.3. The van der Waals surface area contributed by atoms with Gasteiger partial charge in [0, 0.05) is 12.6 Å². The topological polar surface area (TPSA) is 83.6 Å². The molecule has 0 aliphatic carbocycles. The highest BCUT2D eigenvalue weighted by Gasteiger charge is 2.28. The first-order valence-electron chi connectivity index (χ1n) is 6.46. The second-order valence-corrected chi connectivity index (χ2v) is 6.76. The SMILES string of the molecule is CC(c1ccccc1O)N(C)S(=O)(=O)c1ccccc1N. The molecule has 112 valence electrons. The Bertz CT molecular complexity index is 744. The molecular weight excluding hydrogens is 288 g/mol. The van der Waals surface area contributed by atoms with Crippen LogP contribution in [-0.4, -0.2) is 24.9 Å². The molecule has 0 fully saturated rings. The Labute approximate surface area is 124 Å². The number of hydrogen-bond donors (Lipinski definition) is 2. The molecule has 0 heterocycles. The van der Waals surface area contributed by atoms with Crippen LogP contribution in [0.2, 0.25) is 0 Å². The lowest BCUT2D eigenvalue weighted by Crippen LogP contribution is -2.30. The van der Waals surface area contributed by atoms with Gasteiger partial charge in [0.1, 0.15) is 10.6 Å². The third-order valence-corrected chi connectivity index (χ3v) is 5.51. The zero-order valence-corrected chi connectivity index (χ0v) is 12.7. The van der Waals surface area contributed by atoms with E-state index in [2.05, 4.69) is 0 Å². The maximum absolute atomic E-state index is 12.6. The van der Waals surface area contributed by atoms with E-state index in [0.29, 0.717) is 5.56 Å². The third kappa shape index (κ3) is 2.86. The van der Waals surface area contributed by atoms with Gasteiger partial charge in [-0.3, -0.25) is 0 Å². The molecule has 6 heteroatoms. The number of anilines is 1. The van der Waals surface area contributed by atoms with Crippen LogP contribution in [-0.2, 0) is 10.0 Å². The number of hydrogen-bond acceptors (Lipinski definition) is 4. The average Bonchev–Trinajstić information content (AvgIpc) is 2.46. The van der Waals surface area contributed by atoms with Gasteiger partial charge in [0.2, 0.25) is 10.0 Å². The van der Waals surface area contributed by atoms with Crippen molar-refractivity contribution in [3.8, 4) is 5.75 Å². The molecule has 3 N–H and O–H groups in total. The zero-order chi connectivity index (χ0) is 15.6. The quantitative estimate of drug-likeness (QED) is 0.849. The van der Waals surface area contributed by atoms with Gasteiger partial charge in [-0.25, -0.2) is 8.42 Å². The fraction of sp³-hybridized carbons (Fsp3) is 0.200. The van der Waals surface area contributed by atoms with E-state index in [1.165, 1.54) is 23.5 Å². The van der Waals surface area contributed by atoms with Crippen molar-refractivity contribution >= 4 is 15.7 Å². The van der Waals surface area contributed by atoms with Gasteiger partial charge in [0.25, 0.3) is 0 Å². The molecule has 0 radical (unpaired) electrons. The summed E-state index contributed by atoms with van der Waals surface area (Å²) in [6, 6.07) is 12.5. The number of benzene rings is 2. The average molecular weight is 306 g/mol. The highest BCUT2D eigenvalue weighted by Crippen LogP contribution is 2.32. The summed E-state index contributed by atoms with van der Waals surface area (Å²) in [6.45, 7) is 1.71. The molecular formula is C15H18N2O3S. The smallest absolute Gasteiger partial charge is 0.245 e. The Morgan fingerprint density at radius 2 is 1.67 bits per heavy atom. The number of sulfonamides is 1. The number of aromatic hydroxyl groups is 1. The standard InChI is InChI=1S/C15H18N2O3S/c1-11(12-7-3-5-9-14(12)18)17(2)21(19,20)15-10-6-4-8-13(15)16/h3-11,18H,16H2,1-2H3. The summed E-state index contributed by atoms with van der Waals surface area (Å²) in [7, 11) is -2.27. The molecule has 0 amide bonds. The minimum atomic E-state index is -3.74. The van der Waals surface area contributed by atoms with Crippen molar-refractivity contribution in [1.29, 1.82) is 0 Å². The molecule has 0 aromatic heterocycles. The highest BCUT2D eigenvalue weighted by molar-refractivity contribution is 7.89. The van der Waals surface area contributed by atoms with Crippen LogP contribution in [0.25, 0.3) is 0 Å². The fourth-order valence-corrected chi connectivity index (χ4v) is 3.57. The minimum Gasteiger partial charge on any atom is -0.508 e. The number of para-hydroxylation sites is 2. The fourth-order valence-electron chi connectivity index (χ4n) is 2.12. The van der Waals surface area contributed by atoms with Crippen molar-refractivity contribution in [3.05, 3.63) is 54.1 Å². The molecule has 0 saturated heterocycles. The van der Waals surface area contributed by atoms with Crippen LogP contribution >= 0.6 is 0 Å². The number of nitrogen functional groups attached to an aromatic ring is 1. The first-order chi connectivity index (χ1) is 9.85. The van der Waals surface area contributed by atoms with Gasteiger partial charge in [0.15, 0.2) is 0 Å². The summed E-state index contributed by atoms with van der Waals surface area (Å²) < 4.78 is 26.5. The lowest BCUT2D eigenvalue weighted by molar-refractivity contribution is 0.381. The van der Waals surface area contributed by atoms with Crippen molar-refractivity contribution in [2.75, 3.05) is 12.8 Å². The second kappa shape index (κ2) is 5.75. The molecule has 0 bridgehead atoms. The largest absolute Gasteiger partial charge is 0.508 e. The Morgan fingerprint density at radius 1 is 1.10 bits per heavy atom. The lowest BCUT2D eigenvalue weighted by Gasteiger charge is -2.25. The number of nitrogens with zero attached hydrogens (tertiary/aromatic N) is 1. The van der Waals surface area contributed by atoms with Crippen molar-refractivity contribution in [2.24, 2.45) is 0 Å². The Morgan fingerprint density at radius 3 is 2.29 bits per heavy atom. The summed E-state index contributed by atoms with van der Waals surface area (Å²) >= 11 is 0. The van der Waals surface area contributed by atoms with Crippen molar-refractivity contribution in [1.82, 2.24) is 4.31 Å². The first kappa shape index (κ1) is 15.3. The van der Waals surface area contributed by atoms with Gasteiger partial charge in [-0.05, 0) is 25.1 Å². The van der Waals surface area contributed by atoms with E-state index in [0.717, 1.165) is 0 Å². The van der Waals surface area contributed by atoms with Gasteiger partial charge >= 0.3 is 0 Å². The molecule has 2 aromatic carbocycles. The number of phenols is 1. The maximum atomic E-state index is 12.6. The molecule has 0 spiro atoms. The summed E-state index contributed by atoms with van der Waals surface area (Å²) in [5.74, 6) is 0.0630. The van der Waals surface area contributed by atoms with E-state index >= 15 is 0 Å². The summed E-state index contributed by atoms with van der Waals surface area (Å²) in [4.78, 5) is 0.0646. The van der Waals surface area contributed by atoms with Crippen LogP contribution in [0.3, 0.4) is 0 Å². The molecule has 0 saturated carbocycles. The van der Waals surface area contributed by atoms with Crippen molar-refractivity contribution in [3.63, 3.8) is 0 Å². The minimum absolute atomic E-state index is 0.0630. The van der Waals surface area contributed by atoms with Crippen LogP contribution in [0.4, 0.5) is 5.69 Å². The molecule has 0 aliphatic heterocycles. The number of phenolic OH excluding ortho intramolecular Hbond substituents is 1. The number of rotatable bonds is 4. The van der Waals surface area contributed by atoms with E-state index in [4.69, 9.17) is 5.73 Å². The molecule has 2 rings (SSSR count). The second-order valence-electron chi connectivity index (χ2n) is 4.79. The third-order valence-electron chi connectivity index (χ3n) is 3.51. The lowest BCUT2D eigenvalue weighted by atomic mass is 10.1. The van der Waals surface area contributed by atoms with Crippen LogP contribution < -0.4 is 5.73 Å². The van der Waals surface area contributed by atoms with E-state index < -0.39 is 16.1 Å². The molecule has 1 unspecified atom stereocenters. The van der Waals surface area contributed by atoms with Gasteiger partial charge < -0.3 is 10.8 Å². The van der Waals surface area contributed by atoms with Crippen LogP contribution in [0.15, 0.2) is 53.4 Å². The number of nitrogens with two attached hydrogens (primary N) is 1. The Hall–Kier alpha value is -2.05. The van der Waals surface area contributed by atoms with E-state index in [1.54, 1.807) is 43.3 Å². The molecule has 2 aromatic rings. The predicted molar refractivity (Wildman–Crippen MR) is 82.3 cm³/mol. The summed E-state index contributed by atoms with van der Waals surface area (Å²) in [6.07, 6.45) is 0. The molecule has 5 nitrogen and oxygen atoms in total. The Kier molecular flexibility index (Phi) is 4.20. The van der Waals surface area contributed by atoms with Crippen LogP contribution in [0, 0.1) is 0 Å². The van der Waals surface area contributed by atoms with E-state index in [9.17, 15) is 13.5 Å². The highest BCUT2D eigenvalue weighted by atomic mass is 32.2. The van der Waals surface area contributed by atoms with E-state index in [1.807, 2.05) is 0 Å². The van der Waals surface area contributed by atoms with E-state index in [-0.39, 0.29) is 16.3 Å². The summed E-state index contributed by atoms with van der Waals surface area (Å²) in [5.41, 5.74) is 6.50. The van der Waals surface area contributed by atoms with Gasteiger partial charge in [-0.1, -0.05) is 30.3 Å². The van der Waals surface area contributed by atoms with Gasteiger partial charge in [0.05, 0.1) is 11.7 Å². The molecule has 0 aliphatic rings. The zero-order valence-electron chi connectivity index (χ0n) is 11.9. The van der Waals surface area contributed by atoms with Gasteiger partial charge in [-0.15, -0.1) is 0 Å². The van der Waals surface area contributed by atoms with Crippen LogP contribution in [0.1, 0.15) is 18.5 Å². The van der Waals surface area contributed by atoms with Crippen molar-refractivity contribution in [2.45, 2.75) is 17.9 Å². The predicted octanol–water partition coefficient (Wildman–Crippen LogP) is 2.36. The molecule has 21 heavy (non-hydrogen) atoms. The van der Waals surface area contributed by atoms with Gasteiger partial charge in [-0.2, -0.15) is 4.31 Å². The van der Waals surface area contributed by atoms with Crippen LogP contribution in [0.5, 0.6) is 5.75 Å². The first-order valence-corrected chi connectivity index (χ1v) is 7.90. The van der Waals surface area contributed by atoms with Crippen molar-refractivity contribution < 1.29 is 13.5 Å². The monoisotopic (exact) mass is 306 g/mol. The Balaban J connectivity index is 2.42. The summed E-state index contributed by atoms with van der Waals surface area (Å²) in [5, 5.41) is 9.87.